The van der Waals surface area contributed by atoms with Crippen LogP contribution in [0.3, 0.4) is 0 Å². The summed E-state index contributed by atoms with van der Waals surface area (Å²) >= 11 is 1.06. The van der Waals surface area contributed by atoms with Crippen molar-refractivity contribution in [1.82, 2.24) is 15.2 Å². The Hall–Kier alpha value is -2.32. The molecule has 8 heteroatoms. The molecular weight excluding hydrogens is 391 g/mol. The predicted molar refractivity (Wildman–Crippen MR) is 114 cm³/mol. The summed E-state index contributed by atoms with van der Waals surface area (Å²) in [6.07, 6.45) is 1.35. The van der Waals surface area contributed by atoms with Crippen LogP contribution in [0.1, 0.15) is 30.6 Å². The number of rotatable bonds is 7. The van der Waals surface area contributed by atoms with Gasteiger partial charge in [0.1, 0.15) is 12.0 Å². The van der Waals surface area contributed by atoms with Gasteiger partial charge in [0.15, 0.2) is 5.13 Å². The molecule has 156 valence electrons. The average Bonchev–Trinajstić information content (AvgIpc) is 3.09. The van der Waals surface area contributed by atoms with Crippen LogP contribution in [0.25, 0.3) is 11.3 Å². The second kappa shape index (κ2) is 9.45. The molecule has 0 spiro atoms. The zero-order valence-corrected chi connectivity index (χ0v) is 17.8. The topological polar surface area (TPSA) is 65.5 Å². The van der Waals surface area contributed by atoms with Crippen molar-refractivity contribution in [3.63, 3.8) is 0 Å². The molecule has 3 rings (SSSR count). The molecule has 0 bridgehead atoms. The van der Waals surface area contributed by atoms with E-state index in [-0.39, 0.29) is 11.0 Å². The first-order valence-electron chi connectivity index (χ1n) is 9.83. The van der Waals surface area contributed by atoms with Crippen LogP contribution in [0.5, 0.6) is 0 Å². The molecule has 1 aliphatic heterocycles. The largest absolute Gasteiger partial charge is 0.345 e. The number of aldehydes is 1. The van der Waals surface area contributed by atoms with Crippen molar-refractivity contribution in [2.24, 2.45) is 5.92 Å². The number of carbonyl (C=O) groups is 2. The summed E-state index contributed by atoms with van der Waals surface area (Å²) in [5.74, 6) is -0.0128. The molecule has 1 aromatic carbocycles. The maximum absolute atomic E-state index is 14.5. The number of aromatic nitrogens is 1. The summed E-state index contributed by atoms with van der Waals surface area (Å²) in [5.41, 5.74) is 1.37. The number of likely N-dealkylation sites (N-methyl/N-ethyl adjacent to an activating group) is 1. The number of benzene rings is 1. The van der Waals surface area contributed by atoms with E-state index in [1.807, 2.05) is 13.8 Å². The van der Waals surface area contributed by atoms with Crippen molar-refractivity contribution >= 4 is 28.7 Å². The lowest BCUT2D eigenvalue weighted by atomic mass is 10.0. The average molecular weight is 419 g/mol. The molecule has 0 saturated carbocycles. The van der Waals surface area contributed by atoms with Gasteiger partial charge in [-0.25, -0.2) is 4.98 Å². The maximum Gasteiger partial charge on any atom is 0.251 e. The normalized spacial score (nSPS) is 16.1. The highest BCUT2D eigenvalue weighted by molar-refractivity contribution is 7.14. The third-order valence-electron chi connectivity index (χ3n) is 4.97. The minimum atomic E-state index is -0.510. The Morgan fingerprint density at radius 2 is 1.90 bits per heavy atom. The molecule has 1 atom stereocenters. The fraction of sp³-hybridized carbons (Fsp3) is 0.476. The summed E-state index contributed by atoms with van der Waals surface area (Å²) in [5, 5.41) is 3.10. The van der Waals surface area contributed by atoms with E-state index in [0.29, 0.717) is 34.3 Å². The van der Waals surface area contributed by atoms with Gasteiger partial charge in [-0.1, -0.05) is 37.3 Å². The second-order valence-corrected chi connectivity index (χ2v) is 8.76. The van der Waals surface area contributed by atoms with Crippen LogP contribution in [0, 0.1) is 11.0 Å². The van der Waals surface area contributed by atoms with E-state index in [1.54, 1.807) is 24.3 Å². The summed E-state index contributed by atoms with van der Waals surface area (Å²) < 4.78 is 14.5. The molecule has 1 N–H and O–H groups in total. The van der Waals surface area contributed by atoms with Gasteiger partial charge in [0.2, 0.25) is 5.13 Å². The van der Waals surface area contributed by atoms with E-state index < -0.39 is 6.04 Å². The third-order valence-corrected chi connectivity index (χ3v) is 5.88. The van der Waals surface area contributed by atoms with Gasteiger partial charge in [-0.2, -0.15) is 4.39 Å². The van der Waals surface area contributed by atoms with Crippen molar-refractivity contribution in [3.8, 4) is 11.3 Å². The Morgan fingerprint density at radius 3 is 2.48 bits per heavy atom. The van der Waals surface area contributed by atoms with E-state index in [1.165, 1.54) is 0 Å². The summed E-state index contributed by atoms with van der Waals surface area (Å²) in [6, 6.07) is 6.15. The number of nitrogens with one attached hydrogen (secondary N) is 1. The van der Waals surface area contributed by atoms with Crippen molar-refractivity contribution in [1.29, 1.82) is 0 Å². The summed E-state index contributed by atoms with van der Waals surface area (Å²) in [4.78, 5) is 32.4. The summed E-state index contributed by atoms with van der Waals surface area (Å²) in [7, 11) is 2.07. The first kappa shape index (κ1) is 21.4. The van der Waals surface area contributed by atoms with Crippen LogP contribution < -0.4 is 10.2 Å². The van der Waals surface area contributed by atoms with Crippen LogP contribution in [0.15, 0.2) is 24.3 Å². The van der Waals surface area contributed by atoms with E-state index in [2.05, 4.69) is 27.1 Å². The molecule has 2 heterocycles. The monoisotopic (exact) mass is 418 g/mol. The van der Waals surface area contributed by atoms with Gasteiger partial charge >= 0.3 is 0 Å². The SMILES string of the molecule is CC(C)CC(C=O)NC(=O)c1ccc(-c2nc(N3CCN(C)CC3)sc2F)cc1. The Morgan fingerprint density at radius 1 is 1.24 bits per heavy atom. The molecule has 0 radical (unpaired) electrons. The lowest BCUT2D eigenvalue weighted by Crippen LogP contribution is -2.44. The van der Waals surface area contributed by atoms with Crippen LogP contribution in [0.4, 0.5) is 9.52 Å². The Labute approximate surface area is 174 Å². The molecule has 1 fully saturated rings. The molecule has 6 nitrogen and oxygen atoms in total. The molecule has 29 heavy (non-hydrogen) atoms. The van der Waals surface area contributed by atoms with Gasteiger partial charge in [0.05, 0.1) is 6.04 Å². The van der Waals surface area contributed by atoms with Crippen LogP contribution in [-0.2, 0) is 4.79 Å². The van der Waals surface area contributed by atoms with Crippen molar-refractivity contribution < 1.29 is 14.0 Å². The minimum Gasteiger partial charge on any atom is -0.345 e. The van der Waals surface area contributed by atoms with E-state index in [0.717, 1.165) is 43.8 Å². The van der Waals surface area contributed by atoms with Crippen LogP contribution in [0.2, 0.25) is 0 Å². The number of amides is 1. The van der Waals surface area contributed by atoms with E-state index in [9.17, 15) is 14.0 Å². The molecule has 1 saturated heterocycles. The smallest absolute Gasteiger partial charge is 0.251 e. The number of nitrogens with zero attached hydrogens (tertiary/aromatic N) is 3. The highest BCUT2D eigenvalue weighted by atomic mass is 32.1. The fourth-order valence-electron chi connectivity index (χ4n) is 3.29. The maximum atomic E-state index is 14.5. The highest BCUT2D eigenvalue weighted by Crippen LogP contribution is 2.32. The van der Waals surface area contributed by atoms with Gasteiger partial charge in [-0.05, 0) is 31.5 Å². The zero-order chi connectivity index (χ0) is 21.0. The van der Waals surface area contributed by atoms with E-state index >= 15 is 0 Å². The number of anilines is 1. The van der Waals surface area contributed by atoms with Crippen LogP contribution in [-0.4, -0.2) is 61.3 Å². The molecule has 1 aromatic heterocycles. The molecular formula is C21H27FN4O2S. The predicted octanol–water partition coefficient (Wildman–Crippen LogP) is 3.04. The number of hydrogen-bond acceptors (Lipinski definition) is 6. The van der Waals surface area contributed by atoms with E-state index in [4.69, 9.17) is 0 Å². The highest BCUT2D eigenvalue weighted by Gasteiger charge is 2.21. The molecule has 1 amide bonds. The lowest BCUT2D eigenvalue weighted by Gasteiger charge is -2.31. The van der Waals surface area contributed by atoms with Crippen LogP contribution >= 0.6 is 11.3 Å². The van der Waals surface area contributed by atoms with Crippen molar-refractivity contribution in [2.45, 2.75) is 26.3 Å². The first-order chi connectivity index (χ1) is 13.9. The van der Waals surface area contributed by atoms with Crippen molar-refractivity contribution in [3.05, 3.63) is 35.0 Å². The van der Waals surface area contributed by atoms with Crippen molar-refractivity contribution in [2.75, 3.05) is 38.1 Å². The van der Waals surface area contributed by atoms with Gasteiger partial charge in [-0.3, -0.25) is 4.79 Å². The molecule has 1 aliphatic rings. The number of thiazole rings is 1. The third kappa shape index (κ3) is 5.39. The number of hydrogen-bond donors (Lipinski definition) is 1. The zero-order valence-electron chi connectivity index (χ0n) is 17.0. The van der Waals surface area contributed by atoms with Gasteiger partial charge in [0, 0.05) is 37.3 Å². The summed E-state index contributed by atoms with van der Waals surface area (Å²) in [6.45, 7) is 7.51. The standard InChI is InChI=1S/C21H27FN4O2S/c1-14(2)12-17(13-27)23-20(28)16-6-4-15(5-7-16)18-19(22)29-21(24-18)26-10-8-25(3)9-11-26/h4-7,13-14,17H,8-12H2,1-3H3,(H,23,28). The molecule has 2 aromatic rings. The molecule has 1 unspecified atom stereocenters. The number of piperazine rings is 1. The number of carbonyl (C=O) groups excluding carboxylic acids is 2. The molecule has 0 aliphatic carbocycles. The minimum absolute atomic E-state index is 0.301. The fourth-order valence-corrected chi connectivity index (χ4v) is 4.16. The van der Waals surface area contributed by atoms with Gasteiger partial charge < -0.3 is 19.9 Å². The first-order valence-corrected chi connectivity index (χ1v) is 10.7. The quantitative estimate of drug-likeness (QED) is 0.700. The number of halogens is 1. The second-order valence-electron chi connectivity index (χ2n) is 7.83. The van der Waals surface area contributed by atoms with Gasteiger partial charge in [-0.15, -0.1) is 0 Å². The van der Waals surface area contributed by atoms with Gasteiger partial charge in [0.25, 0.3) is 5.91 Å². The Bertz CT molecular complexity index is 845. The Balaban J connectivity index is 1.70. The Kier molecular flexibility index (Phi) is 6.97. The lowest BCUT2D eigenvalue weighted by molar-refractivity contribution is -0.109.